The van der Waals surface area contributed by atoms with Crippen molar-refractivity contribution in [2.75, 3.05) is 7.05 Å². The van der Waals surface area contributed by atoms with E-state index in [0.29, 0.717) is 11.8 Å². The molecule has 0 aromatic carbocycles. The van der Waals surface area contributed by atoms with Crippen LogP contribution in [0.1, 0.15) is 32.3 Å². The van der Waals surface area contributed by atoms with Gasteiger partial charge in [-0.1, -0.05) is 13.8 Å². The number of hydrogen-bond acceptors (Lipinski definition) is 3. The number of nitrogens with zero attached hydrogens (tertiary/aromatic N) is 3. The van der Waals surface area contributed by atoms with Gasteiger partial charge in [0.1, 0.15) is 0 Å². The molecule has 0 amide bonds. The summed E-state index contributed by atoms with van der Waals surface area (Å²) in [5.41, 5.74) is 1.21. The Balaban J connectivity index is 2.01. The third-order valence-corrected chi connectivity index (χ3v) is 4.09. The van der Waals surface area contributed by atoms with Crippen molar-refractivity contribution in [3.8, 4) is 0 Å². The van der Waals surface area contributed by atoms with Crippen LogP contribution >= 0.6 is 0 Å². The van der Waals surface area contributed by atoms with Gasteiger partial charge in [0.05, 0.1) is 12.3 Å². The SMILES string of the molecule is CC1CC(C)C(N(C)Cc2cnn(C)c2)C(O)C1. The number of aromatic nitrogens is 2. The molecule has 1 aromatic heterocycles. The molecule has 4 atom stereocenters. The summed E-state index contributed by atoms with van der Waals surface area (Å²) in [6.07, 6.45) is 5.87. The molecule has 1 aromatic rings. The van der Waals surface area contributed by atoms with Crippen LogP contribution in [0.3, 0.4) is 0 Å². The number of aliphatic hydroxyl groups is 1. The summed E-state index contributed by atoms with van der Waals surface area (Å²) in [7, 11) is 4.04. The van der Waals surface area contributed by atoms with E-state index in [1.54, 1.807) is 0 Å². The molecule has 1 aliphatic rings. The lowest BCUT2D eigenvalue weighted by atomic mass is 9.77. The quantitative estimate of drug-likeness (QED) is 0.888. The van der Waals surface area contributed by atoms with E-state index in [1.807, 2.05) is 24.1 Å². The molecule has 0 bridgehead atoms. The van der Waals surface area contributed by atoms with E-state index in [9.17, 15) is 5.11 Å². The Labute approximate surface area is 110 Å². The van der Waals surface area contributed by atoms with Gasteiger partial charge in [0.2, 0.25) is 0 Å². The Morgan fingerprint density at radius 2 is 2.17 bits per heavy atom. The average Bonchev–Trinajstić information content (AvgIpc) is 2.62. The summed E-state index contributed by atoms with van der Waals surface area (Å²) >= 11 is 0. The molecule has 4 heteroatoms. The molecule has 4 nitrogen and oxygen atoms in total. The fourth-order valence-electron chi connectivity index (χ4n) is 3.48. The first kappa shape index (κ1) is 13.6. The Hall–Kier alpha value is -0.870. The number of rotatable bonds is 3. The monoisotopic (exact) mass is 251 g/mol. The minimum atomic E-state index is -0.203. The lowest BCUT2D eigenvalue weighted by molar-refractivity contribution is -0.0170. The molecule has 0 radical (unpaired) electrons. The lowest BCUT2D eigenvalue weighted by Crippen LogP contribution is -2.49. The van der Waals surface area contributed by atoms with Crippen LogP contribution in [0.4, 0.5) is 0 Å². The number of likely N-dealkylation sites (N-methyl/N-ethyl adjacent to an activating group) is 1. The second kappa shape index (κ2) is 5.41. The molecule has 1 fully saturated rings. The first-order valence-electron chi connectivity index (χ1n) is 6.83. The lowest BCUT2D eigenvalue weighted by Gasteiger charge is -2.42. The van der Waals surface area contributed by atoms with Crippen LogP contribution in [0.5, 0.6) is 0 Å². The van der Waals surface area contributed by atoms with Crippen molar-refractivity contribution < 1.29 is 5.11 Å². The van der Waals surface area contributed by atoms with E-state index in [-0.39, 0.29) is 12.1 Å². The van der Waals surface area contributed by atoms with E-state index in [0.717, 1.165) is 13.0 Å². The maximum Gasteiger partial charge on any atom is 0.0700 e. The van der Waals surface area contributed by atoms with Gasteiger partial charge in [-0.05, 0) is 31.7 Å². The zero-order chi connectivity index (χ0) is 13.3. The highest BCUT2D eigenvalue weighted by molar-refractivity contribution is 5.04. The van der Waals surface area contributed by atoms with E-state index in [1.165, 1.54) is 12.0 Å². The van der Waals surface area contributed by atoms with Crippen molar-refractivity contribution in [1.29, 1.82) is 0 Å². The Morgan fingerprint density at radius 3 is 2.72 bits per heavy atom. The number of hydrogen-bond donors (Lipinski definition) is 1. The van der Waals surface area contributed by atoms with Gasteiger partial charge < -0.3 is 5.11 Å². The standard InChI is InChI=1S/C14H25N3O/c1-10-5-11(2)14(13(18)6-10)16(3)8-12-7-15-17(4)9-12/h7,9-11,13-14,18H,5-6,8H2,1-4H3. The largest absolute Gasteiger partial charge is 0.391 e. The third kappa shape index (κ3) is 2.93. The van der Waals surface area contributed by atoms with Crippen molar-refractivity contribution in [3.63, 3.8) is 0 Å². The highest BCUT2D eigenvalue weighted by Crippen LogP contribution is 2.32. The van der Waals surface area contributed by atoms with Gasteiger partial charge in [-0.2, -0.15) is 5.10 Å². The van der Waals surface area contributed by atoms with Crippen molar-refractivity contribution >= 4 is 0 Å². The first-order chi connectivity index (χ1) is 8.47. The van der Waals surface area contributed by atoms with Gasteiger partial charge in [-0.25, -0.2) is 0 Å². The van der Waals surface area contributed by atoms with Crippen LogP contribution in [-0.2, 0) is 13.6 Å². The van der Waals surface area contributed by atoms with Gasteiger partial charge in [0.15, 0.2) is 0 Å². The van der Waals surface area contributed by atoms with Gasteiger partial charge in [0, 0.05) is 31.4 Å². The van der Waals surface area contributed by atoms with Gasteiger partial charge in [-0.3, -0.25) is 9.58 Å². The van der Waals surface area contributed by atoms with Crippen LogP contribution < -0.4 is 0 Å². The number of aryl methyl sites for hydroxylation is 1. The Bertz CT molecular complexity index is 378. The summed E-state index contributed by atoms with van der Waals surface area (Å²) in [4.78, 5) is 2.28. The molecular formula is C14H25N3O. The normalized spacial score (nSPS) is 33.0. The zero-order valence-electron chi connectivity index (χ0n) is 11.9. The van der Waals surface area contributed by atoms with Crippen LogP contribution in [0.25, 0.3) is 0 Å². The smallest absolute Gasteiger partial charge is 0.0700 e. The van der Waals surface area contributed by atoms with E-state index >= 15 is 0 Å². The first-order valence-corrected chi connectivity index (χ1v) is 6.83. The van der Waals surface area contributed by atoms with Crippen molar-refractivity contribution in [1.82, 2.24) is 14.7 Å². The van der Waals surface area contributed by atoms with Crippen LogP contribution in [0.2, 0.25) is 0 Å². The minimum Gasteiger partial charge on any atom is -0.391 e. The maximum absolute atomic E-state index is 10.3. The molecule has 0 spiro atoms. The molecular weight excluding hydrogens is 226 g/mol. The molecule has 1 aliphatic carbocycles. The number of aliphatic hydroxyl groups excluding tert-OH is 1. The molecule has 102 valence electrons. The summed E-state index contributed by atoms with van der Waals surface area (Å²) < 4.78 is 1.83. The summed E-state index contributed by atoms with van der Waals surface area (Å²) in [5.74, 6) is 1.18. The van der Waals surface area contributed by atoms with Crippen molar-refractivity contribution in [2.24, 2.45) is 18.9 Å². The van der Waals surface area contributed by atoms with E-state index in [2.05, 4.69) is 30.9 Å². The van der Waals surface area contributed by atoms with Gasteiger partial charge in [0.25, 0.3) is 0 Å². The van der Waals surface area contributed by atoms with Crippen LogP contribution in [0, 0.1) is 11.8 Å². The fourth-order valence-corrected chi connectivity index (χ4v) is 3.48. The van der Waals surface area contributed by atoms with Gasteiger partial charge >= 0.3 is 0 Å². The predicted molar refractivity (Wildman–Crippen MR) is 72.0 cm³/mol. The topological polar surface area (TPSA) is 41.3 Å². The summed E-state index contributed by atoms with van der Waals surface area (Å²) in [6, 6.07) is 0.265. The molecule has 18 heavy (non-hydrogen) atoms. The Kier molecular flexibility index (Phi) is 4.07. The van der Waals surface area contributed by atoms with Crippen molar-refractivity contribution in [2.45, 2.75) is 45.4 Å². The zero-order valence-corrected chi connectivity index (χ0v) is 11.9. The molecule has 0 aliphatic heterocycles. The maximum atomic E-state index is 10.3. The summed E-state index contributed by atoms with van der Waals surface area (Å²) in [6.45, 7) is 5.34. The van der Waals surface area contributed by atoms with Crippen LogP contribution in [-0.4, -0.2) is 39.0 Å². The minimum absolute atomic E-state index is 0.203. The Morgan fingerprint density at radius 1 is 1.44 bits per heavy atom. The van der Waals surface area contributed by atoms with Crippen LogP contribution in [0.15, 0.2) is 12.4 Å². The molecule has 1 saturated carbocycles. The van der Waals surface area contributed by atoms with Crippen molar-refractivity contribution in [3.05, 3.63) is 18.0 Å². The second-order valence-corrected chi connectivity index (χ2v) is 6.05. The molecule has 1 heterocycles. The molecule has 4 unspecified atom stereocenters. The summed E-state index contributed by atoms with van der Waals surface area (Å²) in [5, 5.41) is 14.5. The third-order valence-electron chi connectivity index (χ3n) is 4.09. The molecule has 1 N–H and O–H groups in total. The fraction of sp³-hybridized carbons (Fsp3) is 0.786. The molecule has 2 rings (SSSR count). The van der Waals surface area contributed by atoms with E-state index < -0.39 is 0 Å². The highest BCUT2D eigenvalue weighted by atomic mass is 16.3. The predicted octanol–water partition coefficient (Wildman–Crippen LogP) is 1.65. The molecule has 0 saturated heterocycles. The average molecular weight is 251 g/mol. The van der Waals surface area contributed by atoms with Gasteiger partial charge in [-0.15, -0.1) is 0 Å². The highest BCUT2D eigenvalue weighted by Gasteiger charge is 2.35. The second-order valence-electron chi connectivity index (χ2n) is 6.05. The van der Waals surface area contributed by atoms with E-state index in [4.69, 9.17) is 0 Å².